The standard InChI is InChI=1S/C15H12ClN3S/c16-12-5-6-13(18-8-12)15-19-14(9-20-15)11-3-1-10(7-17)2-4-11/h1-6,8-9H,7,17H2. The Bertz CT molecular complexity index is 705. The quantitative estimate of drug-likeness (QED) is 0.796. The molecule has 2 N–H and O–H groups in total. The van der Waals surface area contributed by atoms with Crippen molar-refractivity contribution in [2.75, 3.05) is 0 Å². The second kappa shape index (κ2) is 5.71. The Kier molecular flexibility index (Phi) is 3.78. The molecule has 0 aliphatic heterocycles. The van der Waals surface area contributed by atoms with Crippen LogP contribution >= 0.6 is 22.9 Å². The molecule has 20 heavy (non-hydrogen) atoms. The number of aromatic nitrogens is 2. The minimum Gasteiger partial charge on any atom is -0.326 e. The fourth-order valence-corrected chi connectivity index (χ4v) is 2.75. The van der Waals surface area contributed by atoms with E-state index < -0.39 is 0 Å². The van der Waals surface area contributed by atoms with Crippen LogP contribution in [-0.4, -0.2) is 9.97 Å². The van der Waals surface area contributed by atoms with E-state index in [0.29, 0.717) is 11.6 Å². The number of hydrogen-bond donors (Lipinski definition) is 1. The number of benzene rings is 1. The van der Waals surface area contributed by atoms with E-state index in [4.69, 9.17) is 17.3 Å². The summed E-state index contributed by atoms with van der Waals surface area (Å²) in [6, 6.07) is 11.8. The van der Waals surface area contributed by atoms with E-state index in [9.17, 15) is 0 Å². The molecule has 5 heteroatoms. The molecule has 0 aliphatic carbocycles. The zero-order valence-electron chi connectivity index (χ0n) is 10.6. The van der Waals surface area contributed by atoms with E-state index in [0.717, 1.165) is 27.5 Å². The molecule has 3 rings (SSSR count). The first-order valence-electron chi connectivity index (χ1n) is 6.13. The number of hydrogen-bond acceptors (Lipinski definition) is 4. The summed E-state index contributed by atoms with van der Waals surface area (Å²) in [6.45, 7) is 0.553. The zero-order chi connectivity index (χ0) is 13.9. The lowest BCUT2D eigenvalue weighted by molar-refractivity contribution is 1.07. The summed E-state index contributed by atoms with van der Waals surface area (Å²) in [5, 5.41) is 3.55. The lowest BCUT2D eigenvalue weighted by atomic mass is 10.1. The van der Waals surface area contributed by atoms with E-state index in [-0.39, 0.29) is 0 Å². The fraction of sp³-hybridized carbons (Fsp3) is 0.0667. The van der Waals surface area contributed by atoms with E-state index >= 15 is 0 Å². The molecule has 1 aromatic carbocycles. The van der Waals surface area contributed by atoms with Crippen LogP contribution in [0.5, 0.6) is 0 Å². The van der Waals surface area contributed by atoms with Gasteiger partial charge in [0, 0.05) is 23.7 Å². The maximum absolute atomic E-state index is 5.84. The van der Waals surface area contributed by atoms with Gasteiger partial charge in [-0.2, -0.15) is 0 Å². The van der Waals surface area contributed by atoms with Crippen molar-refractivity contribution in [3.05, 3.63) is 58.6 Å². The van der Waals surface area contributed by atoms with Crippen molar-refractivity contribution >= 4 is 22.9 Å². The summed E-state index contributed by atoms with van der Waals surface area (Å²) in [6.07, 6.45) is 1.63. The van der Waals surface area contributed by atoms with Gasteiger partial charge in [0.1, 0.15) is 5.01 Å². The van der Waals surface area contributed by atoms with E-state index in [1.807, 2.05) is 41.8 Å². The minimum atomic E-state index is 0.553. The molecule has 0 aliphatic rings. The second-order valence-electron chi connectivity index (χ2n) is 4.30. The Morgan fingerprint density at radius 3 is 2.50 bits per heavy atom. The third-order valence-electron chi connectivity index (χ3n) is 2.94. The normalized spacial score (nSPS) is 10.7. The molecule has 0 bridgehead atoms. The van der Waals surface area contributed by atoms with Crippen molar-refractivity contribution < 1.29 is 0 Å². The van der Waals surface area contributed by atoms with Crippen LogP contribution in [-0.2, 0) is 6.54 Å². The predicted molar refractivity (Wildman–Crippen MR) is 83.7 cm³/mol. The summed E-state index contributed by atoms with van der Waals surface area (Å²) < 4.78 is 0. The highest BCUT2D eigenvalue weighted by Crippen LogP contribution is 2.28. The minimum absolute atomic E-state index is 0.553. The molecule has 3 aromatic rings. The monoisotopic (exact) mass is 301 g/mol. The van der Waals surface area contributed by atoms with Crippen LogP contribution < -0.4 is 5.73 Å². The van der Waals surface area contributed by atoms with Crippen LogP contribution in [0.4, 0.5) is 0 Å². The first kappa shape index (κ1) is 13.2. The Morgan fingerprint density at radius 1 is 1.05 bits per heavy atom. The van der Waals surface area contributed by atoms with Gasteiger partial charge in [0.25, 0.3) is 0 Å². The molecule has 3 nitrogen and oxygen atoms in total. The van der Waals surface area contributed by atoms with Crippen LogP contribution in [0.25, 0.3) is 22.0 Å². The maximum Gasteiger partial charge on any atom is 0.142 e. The number of nitrogens with two attached hydrogens (primary N) is 1. The average Bonchev–Trinajstić information content (AvgIpc) is 2.98. The van der Waals surface area contributed by atoms with Gasteiger partial charge in [-0.3, -0.25) is 4.98 Å². The molecule has 0 radical (unpaired) electrons. The molecular weight excluding hydrogens is 290 g/mol. The first-order chi connectivity index (χ1) is 9.76. The number of thiazole rings is 1. The summed E-state index contributed by atoms with van der Waals surface area (Å²) in [7, 11) is 0. The lowest BCUT2D eigenvalue weighted by Crippen LogP contribution is -1.95. The molecule has 0 fully saturated rings. The topological polar surface area (TPSA) is 51.8 Å². The van der Waals surface area contributed by atoms with Gasteiger partial charge < -0.3 is 5.73 Å². The summed E-state index contributed by atoms with van der Waals surface area (Å²) >= 11 is 7.41. The van der Waals surface area contributed by atoms with Gasteiger partial charge in [0.15, 0.2) is 0 Å². The lowest BCUT2D eigenvalue weighted by Gasteiger charge is -1.99. The predicted octanol–water partition coefficient (Wildman–Crippen LogP) is 3.98. The number of rotatable bonds is 3. The second-order valence-corrected chi connectivity index (χ2v) is 5.60. The molecule has 2 heterocycles. The molecule has 0 saturated carbocycles. The fourth-order valence-electron chi connectivity index (χ4n) is 1.84. The van der Waals surface area contributed by atoms with E-state index in [2.05, 4.69) is 9.97 Å². The summed E-state index contributed by atoms with van der Waals surface area (Å²) in [5.74, 6) is 0. The molecule has 0 unspecified atom stereocenters. The van der Waals surface area contributed by atoms with Crippen molar-refractivity contribution in [2.45, 2.75) is 6.54 Å². The van der Waals surface area contributed by atoms with Crippen molar-refractivity contribution in [3.8, 4) is 22.0 Å². The highest BCUT2D eigenvalue weighted by atomic mass is 35.5. The first-order valence-corrected chi connectivity index (χ1v) is 7.39. The van der Waals surface area contributed by atoms with Crippen LogP contribution in [0, 0.1) is 0 Å². The van der Waals surface area contributed by atoms with Crippen molar-refractivity contribution in [2.24, 2.45) is 5.73 Å². The van der Waals surface area contributed by atoms with Gasteiger partial charge >= 0.3 is 0 Å². The number of pyridine rings is 1. The maximum atomic E-state index is 5.84. The molecule has 0 spiro atoms. The molecule has 2 aromatic heterocycles. The van der Waals surface area contributed by atoms with Crippen LogP contribution in [0.3, 0.4) is 0 Å². The Hall–Kier alpha value is -1.75. The third kappa shape index (κ3) is 2.72. The third-order valence-corrected chi connectivity index (χ3v) is 4.02. The zero-order valence-corrected chi connectivity index (χ0v) is 12.2. The van der Waals surface area contributed by atoms with Crippen molar-refractivity contribution in [1.29, 1.82) is 0 Å². The number of nitrogens with zero attached hydrogens (tertiary/aromatic N) is 2. The highest BCUT2D eigenvalue weighted by Gasteiger charge is 2.07. The van der Waals surface area contributed by atoms with Gasteiger partial charge in [-0.25, -0.2) is 4.98 Å². The van der Waals surface area contributed by atoms with Gasteiger partial charge in [-0.15, -0.1) is 11.3 Å². The van der Waals surface area contributed by atoms with Crippen LogP contribution in [0.1, 0.15) is 5.56 Å². The highest BCUT2D eigenvalue weighted by molar-refractivity contribution is 7.13. The Labute approximate surface area is 126 Å². The van der Waals surface area contributed by atoms with Crippen LogP contribution in [0.2, 0.25) is 5.02 Å². The van der Waals surface area contributed by atoms with Gasteiger partial charge in [-0.05, 0) is 17.7 Å². The van der Waals surface area contributed by atoms with Gasteiger partial charge in [-0.1, -0.05) is 35.9 Å². The summed E-state index contributed by atoms with van der Waals surface area (Å²) in [4.78, 5) is 8.90. The van der Waals surface area contributed by atoms with Crippen molar-refractivity contribution in [3.63, 3.8) is 0 Å². The largest absolute Gasteiger partial charge is 0.326 e. The molecule has 0 atom stereocenters. The summed E-state index contributed by atoms with van der Waals surface area (Å²) in [5.41, 5.74) is 9.58. The molecule has 0 saturated heterocycles. The number of halogens is 1. The smallest absolute Gasteiger partial charge is 0.142 e. The molecule has 100 valence electrons. The Morgan fingerprint density at radius 2 is 1.85 bits per heavy atom. The van der Waals surface area contributed by atoms with E-state index in [1.165, 1.54) is 0 Å². The van der Waals surface area contributed by atoms with Gasteiger partial charge in [0.05, 0.1) is 16.4 Å². The van der Waals surface area contributed by atoms with E-state index in [1.54, 1.807) is 17.5 Å². The van der Waals surface area contributed by atoms with Crippen LogP contribution in [0.15, 0.2) is 48.0 Å². The SMILES string of the molecule is NCc1ccc(-c2csc(-c3ccc(Cl)cn3)n2)cc1. The van der Waals surface area contributed by atoms with Crippen molar-refractivity contribution in [1.82, 2.24) is 9.97 Å². The molecule has 0 amide bonds. The average molecular weight is 302 g/mol. The molecular formula is C15H12ClN3S. The van der Waals surface area contributed by atoms with Gasteiger partial charge in [0.2, 0.25) is 0 Å². The Balaban J connectivity index is 1.91.